The van der Waals surface area contributed by atoms with E-state index in [1.54, 1.807) is 6.20 Å². The molecule has 3 aromatic rings. The van der Waals surface area contributed by atoms with Gasteiger partial charge in [-0.15, -0.1) is 0 Å². The quantitative estimate of drug-likeness (QED) is 0.669. The van der Waals surface area contributed by atoms with Gasteiger partial charge in [-0.25, -0.2) is 9.97 Å². The summed E-state index contributed by atoms with van der Waals surface area (Å²) in [6, 6.07) is 12.0. The Morgan fingerprint density at radius 3 is 2.64 bits per heavy atom. The second-order valence-corrected chi connectivity index (χ2v) is 5.81. The fourth-order valence-electron chi connectivity index (χ4n) is 2.57. The fourth-order valence-corrected chi connectivity index (χ4v) is 2.57. The number of hydrogen-bond donors (Lipinski definition) is 1. The Labute approximate surface area is 147 Å². The smallest absolute Gasteiger partial charge is 0.130 e. The molecule has 0 unspecified atom stereocenters. The lowest BCUT2D eigenvalue weighted by atomic mass is 10.2. The molecule has 2 heterocycles. The number of ether oxygens (including phenoxy) is 1. The Balaban J connectivity index is 1.62. The largest absolute Gasteiger partial charge is 0.492 e. The van der Waals surface area contributed by atoms with Crippen LogP contribution in [0.4, 0.5) is 5.82 Å². The molecule has 0 amide bonds. The third-order valence-corrected chi connectivity index (χ3v) is 3.81. The molecule has 0 fully saturated rings. The molecule has 3 rings (SSSR count). The Morgan fingerprint density at radius 2 is 1.88 bits per heavy atom. The van der Waals surface area contributed by atoms with Crippen LogP contribution in [0.1, 0.15) is 18.3 Å². The molecule has 0 saturated carbocycles. The van der Waals surface area contributed by atoms with Crippen molar-refractivity contribution in [1.29, 1.82) is 0 Å². The molecular weight excluding hydrogens is 314 g/mol. The highest BCUT2D eigenvalue weighted by Crippen LogP contribution is 2.19. The SMILES string of the molecule is CCn1nccc1-c1cc(NCCOc2ccc(C)cc2)nc(C)n1. The molecular formula is C19H23N5O. The van der Waals surface area contributed by atoms with E-state index in [0.717, 1.165) is 35.3 Å². The molecule has 6 nitrogen and oxygen atoms in total. The number of nitrogens with zero attached hydrogens (tertiary/aromatic N) is 4. The van der Waals surface area contributed by atoms with Crippen LogP contribution in [-0.2, 0) is 6.54 Å². The molecule has 2 aromatic heterocycles. The van der Waals surface area contributed by atoms with Gasteiger partial charge in [0.15, 0.2) is 0 Å². The predicted octanol–water partition coefficient (Wildman–Crippen LogP) is 3.47. The van der Waals surface area contributed by atoms with Crippen LogP contribution in [0.5, 0.6) is 5.75 Å². The second kappa shape index (κ2) is 7.79. The van der Waals surface area contributed by atoms with Crippen molar-refractivity contribution >= 4 is 5.82 Å². The molecule has 0 aliphatic carbocycles. The minimum Gasteiger partial charge on any atom is -0.492 e. The van der Waals surface area contributed by atoms with Gasteiger partial charge in [-0.05, 0) is 39.0 Å². The van der Waals surface area contributed by atoms with Crippen molar-refractivity contribution in [3.63, 3.8) is 0 Å². The monoisotopic (exact) mass is 337 g/mol. The van der Waals surface area contributed by atoms with Crippen LogP contribution in [0, 0.1) is 13.8 Å². The molecule has 6 heteroatoms. The first-order valence-electron chi connectivity index (χ1n) is 8.47. The highest BCUT2D eigenvalue weighted by atomic mass is 16.5. The summed E-state index contributed by atoms with van der Waals surface area (Å²) in [5, 5.41) is 7.60. The normalized spacial score (nSPS) is 10.7. The van der Waals surface area contributed by atoms with Gasteiger partial charge in [-0.2, -0.15) is 5.10 Å². The lowest BCUT2D eigenvalue weighted by Gasteiger charge is -2.10. The van der Waals surface area contributed by atoms with E-state index in [1.165, 1.54) is 5.56 Å². The zero-order valence-corrected chi connectivity index (χ0v) is 14.9. The molecule has 0 bridgehead atoms. The molecule has 0 aliphatic heterocycles. The van der Waals surface area contributed by atoms with Crippen LogP contribution >= 0.6 is 0 Å². The standard InChI is InChI=1S/C19H23N5O/c1-4-24-18(9-10-21-24)17-13-19(23-15(3)22-17)20-11-12-25-16-7-5-14(2)6-8-16/h5-10,13H,4,11-12H2,1-3H3,(H,20,22,23). The lowest BCUT2D eigenvalue weighted by molar-refractivity contribution is 0.332. The van der Waals surface area contributed by atoms with E-state index in [9.17, 15) is 0 Å². The molecule has 1 aromatic carbocycles. The fraction of sp³-hybridized carbons (Fsp3) is 0.316. The number of benzene rings is 1. The van der Waals surface area contributed by atoms with Crippen LogP contribution in [0.15, 0.2) is 42.6 Å². The number of aromatic nitrogens is 4. The van der Waals surface area contributed by atoms with Gasteiger partial charge < -0.3 is 10.1 Å². The van der Waals surface area contributed by atoms with Gasteiger partial charge in [0, 0.05) is 18.8 Å². The van der Waals surface area contributed by atoms with E-state index in [1.807, 2.05) is 48.0 Å². The zero-order valence-electron chi connectivity index (χ0n) is 14.9. The summed E-state index contributed by atoms with van der Waals surface area (Å²) >= 11 is 0. The summed E-state index contributed by atoms with van der Waals surface area (Å²) in [6.45, 7) is 8.05. The average Bonchev–Trinajstić information content (AvgIpc) is 3.08. The topological polar surface area (TPSA) is 64.9 Å². The Kier molecular flexibility index (Phi) is 5.28. The van der Waals surface area contributed by atoms with Gasteiger partial charge in [-0.1, -0.05) is 17.7 Å². The molecule has 25 heavy (non-hydrogen) atoms. The van der Waals surface area contributed by atoms with Crippen molar-refractivity contribution in [2.75, 3.05) is 18.5 Å². The zero-order chi connectivity index (χ0) is 17.6. The van der Waals surface area contributed by atoms with Crippen molar-refractivity contribution in [3.8, 4) is 17.1 Å². The van der Waals surface area contributed by atoms with Crippen LogP contribution in [0.3, 0.4) is 0 Å². The summed E-state index contributed by atoms with van der Waals surface area (Å²) in [5.41, 5.74) is 3.08. The molecule has 0 saturated heterocycles. The third kappa shape index (κ3) is 4.35. The summed E-state index contributed by atoms with van der Waals surface area (Å²) in [7, 11) is 0. The van der Waals surface area contributed by atoms with Crippen molar-refractivity contribution in [1.82, 2.24) is 19.7 Å². The minimum atomic E-state index is 0.564. The minimum absolute atomic E-state index is 0.564. The summed E-state index contributed by atoms with van der Waals surface area (Å²) in [5.74, 6) is 2.39. The van der Waals surface area contributed by atoms with Gasteiger partial charge in [-0.3, -0.25) is 4.68 Å². The van der Waals surface area contributed by atoms with Gasteiger partial charge in [0.2, 0.25) is 0 Å². The van der Waals surface area contributed by atoms with Gasteiger partial charge in [0.25, 0.3) is 0 Å². The highest BCUT2D eigenvalue weighted by molar-refractivity contribution is 5.58. The van der Waals surface area contributed by atoms with E-state index in [2.05, 4.69) is 34.2 Å². The summed E-state index contributed by atoms with van der Waals surface area (Å²) in [4.78, 5) is 8.97. The first-order chi connectivity index (χ1) is 12.2. The Bertz CT molecular complexity index is 826. The molecule has 0 atom stereocenters. The van der Waals surface area contributed by atoms with Crippen LogP contribution in [0.25, 0.3) is 11.4 Å². The van der Waals surface area contributed by atoms with E-state index < -0.39 is 0 Å². The van der Waals surface area contributed by atoms with E-state index in [-0.39, 0.29) is 0 Å². The third-order valence-electron chi connectivity index (χ3n) is 3.81. The average molecular weight is 337 g/mol. The predicted molar refractivity (Wildman–Crippen MR) is 98.8 cm³/mol. The number of hydrogen-bond acceptors (Lipinski definition) is 5. The summed E-state index contributed by atoms with van der Waals surface area (Å²) in [6.07, 6.45) is 1.79. The maximum Gasteiger partial charge on any atom is 0.130 e. The molecule has 1 N–H and O–H groups in total. The van der Waals surface area contributed by atoms with Gasteiger partial charge in [0.05, 0.1) is 17.9 Å². The lowest BCUT2D eigenvalue weighted by Crippen LogP contribution is -2.13. The Morgan fingerprint density at radius 1 is 1.08 bits per heavy atom. The van der Waals surface area contributed by atoms with Gasteiger partial charge in [0.1, 0.15) is 24.0 Å². The maximum atomic E-state index is 5.73. The van der Waals surface area contributed by atoms with Gasteiger partial charge >= 0.3 is 0 Å². The number of nitrogens with one attached hydrogen (secondary N) is 1. The maximum absolute atomic E-state index is 5.73. The highest BCUT2D eigenvalue weighted by Gasteiger charge is 2.08. The number of rotatable bonds is 7. The second-order valence-electron chi connectivity index (χ2n) is 5.81. The van der Waals surface area contributed by atoms with Crippen molar-refractivity contribution < 1.29 is 4.74 Å². The van der Waals surface area contributed by atoms with E-state index >= 15 is 0 Å². The van der Waals surface area contributed by atoms with E-state index in [0.29, 0.717) is 13.2 Å². The first-order valence-corrected chi connectivity index (χ1v) is 8.47. The van der Waals surface area contributed by atoms with Crippen molar-refractivity contribution in [2.45, 2.75) is 27.3 Å². The molecule has 0 spiro atoms. The first kappa shape index (κ1) is 17.0. The van der Waals surface area contributed by atoms with Crippen LogP contribution < -0.4 is 10.1 Å². The van der Waals surface area contributed by atoms with Crippen molar-refractivity contribution in [3.05, 3.63) is 54.0 Å². The summed E-state index contributed by atoms with van der Waals surface area (Å²) < 4.78 is 7.65. The molecule has 130 valence electrons. The molecule has 0 aliphatic rings. The number of anilines is 1. The Hall–Kier alpha value is -2.89. The number of aryl methyl sites for hydroxylation is 3. The van der Waals surface area contributed by atoms with E-state index in [4.69, 9.17) is 4.74 Å². The van der Waals surface area contributed by atoms with Crippen LogP contribution in [0.2, 0.25) is 0 Å². The molecule has 0 radical (unpaired) electrons. The van der Waals surface area contributed by atoms with Crippen LogP contribution in [-0.4, -0.2) is 32.9 Å². The van der Waals surface area contributed by atoms with Crippen molar-refractivity contribution in [2.24, 2.45) is 0 Å².